The number of hydrogen-bond acceptors (Lipinski definition) is 4. The Hall–Kier alpha value is -2.59. The van der Waals surface area contributed by atoms with Crippen LogP contribution < -0.4 is 5.11 Å². The molecule has 2 atom stereocenters. The Labute approximate surface area is 148 Å². The van der Waals surface area contributed by atoms with Gasteiger partial charge in [-0.1, -0.05) is 24.0 Å². The van der Waals surface area contributed by atoms with Crippen molar-refractivity contribution < 1.29 is 33.0 Å². The van der Waals surface area contributed by atoms with E-state index in [1.54, 1.807) is 6.92 Å². The van der Waals surface area contributed by atoms with Gasteiger partial charge in [0.05, 0.1) is 5.97 Å². The Kier molecular flexibility index (Phi) is 4.77. The number of aryl methyl sites for hydroxylation is 1. The van der Waals surface area contributed by atoms with Gasteiger partial charge in [-0.25, -0.2) is 0 Å². The van der Waals surface area contributed by atoms with Crippen molar-refractivity contribution >= 4 is 11.8 Å². The summed E-state index contributed by atoms with van der Waals surface area (Å²) in [6, 6.07) is 4.10. The van der Waals surface area contributed by atoms with Crippen LogP contribution in [0.15, 0.2) is 29.8 Å². The van der Waals surface area contributed by atoms with Gasteiger partial charge in [0, 0.05) is 17.5 Å². The van der Waals surface area contributed by atoms with E-state index >= 15 is 0 Å². The number of aliphatic hydroxyl groups is 1. The molecular formula is C19H16F3O4-. The molecular weight excluding hydrogens is 349 g/mol. The van der Waals surface area contributed by atoms with Gasteiger partial charge in [-0.05, 0) is 44.1 Å². The molecule has 0 saturated heterocycles. The van der Waals surface area contributed by atoms with Crippen molar-refractivity contribution in [3.05, 3.63) is 46.5 Å². The third-order valence-corrected chi connectivity index (χ3v) is 4.67. The van der Waals surface area contributed by atoms with Crippen molar-refractivity contribution in [1.82, 2.24) is 0 Å². The van der Waals surface area contributed by atoms with Crippen LogP contribution in [0.25, 0.3) is 0 Å². The first-order chi connectivity index (χ1) is 11.8. The third kappa shape index (κ3) is 3.13. The first-order valence-corrected chi connectivity index (χ1v) is 7.68. The van der Waals surface area contributed by atoms with Crippen molar-refractivity contribution in [2.24, 2.45) is 5.41 Å². The van der Waals surface area contributed by atoms with E-state index in [0.717, 1.165) is 13.0 Å². The van der Waals surface area contributed by atoms with Crippen LogP contribution in [-0.2, 0) is 4.79 Å². The molecule has 0 amide bonds. The molecule has 0 radical (unpaired) electrons. The highest BCUT2D eigenvalue weighted by Gasteiger charge is 2.65. The normalized spacial score (nSPS) is 26.0. The molecule has 26 heavy (non-hydrogen) atoms. The van der Waals surface area contributed by atoms with E-state index in [1.807, 2.05) is 0 Å². The molecule has 2 unspecified atom stereocenters. The minimum absolute atomic E-state index is 0.0763. The number of carboxylic acids is 1. The van der Waals surface area contributed by atoms with Crippen LogP contribution in [0.2, 0.25) is 0 Å². The zero-order valence-corrected chi connectivity index (χ0v) is 14.3. The zero-order chi connectivity index (χ0) is 19.9. The summed E-state index contributed by atoms with van der Waals surface area (Å²) in [4.78, 5) is 22.8. The Morgan fingerprint density at radius 3 is 2.46 bits per heavy atom. The number of carbonyl (C=O) groups is 2. The van der Waals surface area contributed by atoms with Crippen LogP contribution in [0.3, 0.4) is 0 Å². The molecule has 1 aliphatic rings. The van der Waals surface area contributed by atoms with E-state index in [1.165, 1.54) is 25.1 Å². The molecule has 0 heterocycles. The standard InChI is InChI=1S/C19H17F3O4/c1-11-4-5-15(16(24)25)13(8-11)6-7-18(26)12(2)9-14(23)10-17(18,3)19(20,21)22/h4-5,8-9,26H,10H2,1-3H3,(H,24,25)/p-1. The van der Waals surface area contributed by atoms with Gasteiger partial charge in [-0.15, -0.1) is 0 Å². The first kappa shape index (κ1) is 19.7. The highest BCUT2D eigenvalue weighted by atomic mass is 19.4. The van der Waals surface area contributed by atoms with Crippen molar-refractivity contribution in [2.45, 2.75) is 39.0 Å². The molecule has 138 valence electrons. The van der Waals surface area contributed by atoms with E-state index in [4.69, 9.17) is 0 Å². The molecule has 1 N–H and O–H groups in total. The third-order valence-electron chi connectivity index (χ3n) is 4.67. The van der Waals surface area contributed by atoms with Gasteiger partial charge in [-0.3, -0.25) is 4.79 Å². The smallest absolute Gasteiger partial charge is 0.398 e. The van der Waals surface area contributed by atoms with Gasteiger partial charge in [0.2, 0.25) is 0 Å². The number of carbonyl (C=O) groups excluding carboxylic acids is 2. The predicted molar refractivity (Wildman–Crippen MR) is 84.9 cm³/mol. The number of hydrogen-bond donors (Lipinski definition) is 1. The zero-order valence-electron chi connectivity index (χ0n) is 14.3. The molecule has 0 aromatic heterocycles. The number of aromatic carboxylic acids is 1. The summed E-state index contributed by atoms with van der Waals surface area (Å²) >= 11 is 0. The van der Waals surface area contributed by atoms with E-state index in [0.29, 0.717) is 5.56 Å². The molecule has 7 heteroatoms. The van der Waals surface area contributed by atoms with Crippen molar-refractivity contribution in [3.63, 3.8) is 0 Å². The fourth-order valence-electron chi connectivity index (χ4n) is 2.95. The number of ketones is 1. The Morgan fingerprint density at radius 2 is 1.92 bits per heavy atom. The molecule has 1 aromatic rings. The maximum Gasteiger partial charge on any atom is 0.398 e. The molecule has 2 rings (SSSR count). The first-order valence-electron chi connectivity index (χ1n) is 7.68. The maximum absolute atomic E-state index is 13.7. The van der Waals surface area contributed by atoms with Crippen LogP contribution in [0.5, 0.6) is 0 Å². The molecule has 0 fully saturated rings. The second-order valence-corrected chi connectivity index (χ2v) is 6.60. The SMILES string of the molecule is CC1=CC(=O)CC(C)(C(F)(F)F)C1(O)C#Cc1cc(C)ccc1C(=O)[O-]. The largest absolute Gasteiger partial charge is 0.545 e. The molecule has 1 aliphatic carbocycles. The van der Waals surface area contributed by atoms with Gasteiger partial charge in [0.1, 0.15) is 5.41 Å². The van der Waals surface area contributed by atoms with E-state index in [9.17, 15) is 33.0 Å². The Bertz CT molecular complexity index is 873. The quantitative estimate of drug-likeness (QED) is 0.772. The summed E-state index contributed by atoms with van der Waals surface area (Å²) in [6.07, 6.45) is -4.94. The van der Waals surface area contributed by atoms with Crippen LogP contribution in [-0.4, -0.2) is 28.6 Å². The van der Waals surface area contributed by atoms with E-state index < -0.39 is 35.4 Å². The summed E-state index contributed by atoms with van der Waals surface area (Å²) in [6.45, 7) is 3.57. The number of alkyl halides is 3. The fraction of sp³-hybridized carbons (Fsp3) is 0.368. The monoisotopic (exact) mass is 365 g/mol. The van der Waals surface area contributed by atoms with Crippen molar-refractivity contribution in [2.75, 3.05) is 0 Å². The second kappa shape index (κ2) is 6.29. The van der Waals surface area contributed by atoms with Crippen LogP contribution >= 0.6 is 0 Å². The van der Waals surface area contributed by atoms with Gasteiger partial charge in [-0.2, -0.15) is 13.2 Å². The topological polar surface area (TPSA) is 77.4 Å². The van der Waals surface area contributed by atoms with Gasteiger partial charge < -0.3 is 15.0 Å². The minimum atomic E-state index is -4.91. The van der Waals surface area contributed by atoms with Gasteiger partial charge in [0.25, 0.3) is 0 Å². The van der Waals surface area contributed by atoms with E-state index in [-0.39, 0.29) is 16.7 Å². The summed E-state index contributed by atoms with van der Waals surface area (Å²) in [7, 11) is 0. The lowest BCUT2D eigenvalue weighted by Gasteiger charge is -2.45. The number of carboxylic acid groups (broad SMARTS) is 1. The number of halogens is 3. The molecule has 0 saturated carbocycles. The lowest BCUT2D eigenvalue weighted by atomic mass is 9.63. The summed E-state index contributed by atoms with van der Waals surface area (Å²) in [5.74, 6) is 2.22. The predicted octanol–water partition coefficient (Wildman–Crippen LogP) is 1.93. The summed E-state index contributed by atoms with van der Waals surface area (Å²) in [5, 5.41) is 22.0. The van der Waals surface area contributed by atoms with Crippen molar-refractivity contribution in [3.8, 4) is 11.8 Å². The van der Waals surface area contributed by atoms with Crippen LogP contribution in [0.1, 0.15) is 41.8 Å². The lowest BCUT2D eigenvalue weighted by molar-refractivity contribution is -0.259. The van der Waals surface area contributed by atoms with E-state index in [2.05, 4.69) is 11.8 Å². The number of benzene rings is 1. The molecule has 0 spiro atoms. The molecule has 4 nitrogen and oxygen atoms in total. The summed E-state index contributed by atoms with van der Waals surface area (Å²) < 4.78 is 41.0. The Balaban J connectivity index is 2.69. The minimum Gasteiger partial charge on any atom is -0.545 e. The van der Waals surface area contributed by atoms with Crippen molar-refractivity contribution in [1.29, 1.82) is 0 Å². The average Bonchev–Trinajstić information content (AvgIpc) is 2.49. The van der Waals surface area contributed by atoms with Crippen LogP contribution in [0.4, 0.5) is 13.2 Å². The lowest BCUT2D eigenvalue weighted by Crippen LogP contribution is -2.58. The second-order valence-electron chi connectivity index (χ2n) is 6.60. The number of rotatable bonds is 1. The molecule has 1 aromatic carbocycles. The average molecular weight is 365 g/mol. The summed E-state index contributed by atoms with van der Waals surface area (Å²) in [5.41, 5.74) is -5.48. The molecule has 0 aliphatic heterocycles. The molecule has 0 bridgehead atoms. The maximum atomic E-state index is 13.7. The Morgan fingerprint density at radius 1 is 1.31 bits per heavy atom. The van der Waals surface area contributed by atoms with Gasteiger partial charge >= 0.3 is 6.18 Å². The van der Waals surface area contributed by atoms with Crippen LogP contribution in [0, 0.1) is 24.2 Å². The number of allylic oxidation sites excluding steroid dienone is 1. The highest BCUT2D eigenvalue weighted by Crippen LogP contribution is 2.53. The van der Waals surface area contributed by atoms with Gasteiger partial charge in [0.15, 0.2) is 11.4 Å². The highest BCUT2D eigenvalue weighted by molar-refractivity contribution is 5.93. The fourth-order valence-corrected chi connectivity index (χ4v) is 2.95.